The van der Waals surface area contributed by atoms with Gasteiger partial charge in [-0.3, -0.25) is 9.59 Å². The Morgan fingerprint density at radius 1 is 1.27 bits per heavy atom. The van der Waals surface area contributed by atoms with Crippen molar-refractivity contribution in [1.29, 1.82) is 0 Å². The van der Waals surface area contributed by atoms with Crippen LogP contribution in [0, 0.1) is 0 Å². The molecule has 0 fully saturated rings. The molecule has 0 aliphatic carbocycles. The first-order chi connectivity index (χ1) is 12.6. The summed E-state index contributed by atoms with van der Waals surface area (Å²) in [5.74, 6) is 0.877. The summed E-state index contributed by atoms with van der Waals surface area (Å²) in [6.45, 7) is 1.16. The second kappa shape index (κ2) is 10.4. The van der Waals surface area contributed by atoms with Crippen LogP contribution < -0.4 is 5.32 Å². The van der Waals surface area contributed by atoms with Crippen LogP contribution in [-0.2, 0) is 20.7 Å². The summed E-state index contributed by atoms with van der Waals surface area (Å²) in [6.07, 6.45) is 3.04. The lowest BCUT2D eigenvalue weighted by atomic mass is 10.2. The molecule has 7 nitrogen and oxygen atoms in total. The van der Waals surface area contributed by atoms with Crippen molar-refractivity contribution in [3.63, 3.8) is 0 Å². The van der Waals surface area contributed by atoms with Gasteiger partial charge in [0, 0.05) is 45.7 Å². The van der Waals surface area contributed by atoms with Crippen molar-refractivity contribution in [2.75, 3.05) is 33.9 Å². The van der Waals surface area contributed by atoms with Gasteiger partial charge in [-0.15, -0.1) is 0 Å². The van der Waals surface area contributed by atoms with Gasteiger partial charge in [0.2, 0.25) is 11.8 Å². The maximum Gasteiger partial charge on any atom is 0.239 e. The standard InChI is InChI=1S/C19H25N3O4/c1-22(14-17(23)20-11-6-12-25-2)19(24)10-9-18-21-13-16(26-18)15-7-4-3-5-8-15/h3-5,7-8,13H,6,9-12,14H2,1-2H3,(H,20,23). The van der Waals surface area contributed by atoms with E-state index in [1.807, 2.05) is 30.3 Å². The third-order valence-electron chi connectivity index (χ3n) is 3.82. The molecule has 0 aliphatic heterocycles. The molecule has 0 unspecified atom stereocenters. The lowest BCUT2D eigenvalue weighted by Crippen LogP contribution is -2.38. The van der Waals surface area contributed by atoms with Crippen LogP contribution in [0.1, 0.15) is 18.7 Å². The van der Waals surface area contributed by atoms with Gasteiger partial charge in [-0.25, -0.2) is 4.98 Å². The number of hydrogen-bond acceptors (Lipinski definition) is 5. The number of likely N-dealkylation sites (N-methyl/N-ethyl adjacent to an activating group) is 1. The number of carbonyl (C=O) groups excluding carboxylic acids is 2. The van der Waals surface area contributed by atoms with Crippen LogP contribution in [0.4, 0.5) is 0 Å². The number of oxazole rings is 1. The normalized spacial score (nSPS) is 10.5. The number of aromatic nitrogens is 1. The van der Waals surface area contributed by atoms with E-state index in [2.05, 4.69) is 10.3 Å². The molecule has 1 aromatic carbocycles. The molecule has 0 saturated carbocycles. The average Bonchev–Trinajstić information content (AvgIpc) is 3.13. The van der Waals surface area contributed by atoms with Crippen molar-refractivity contribution in [1.82, 2.24) is 15.2 Å². The Kier molecular flexibility index (Phi) is 7.82. The number of nitrogens with one attached hydrogen (secondary N) is 1. The van der Waals surface area contributed by atoms with Gasteiger partial charge in [-0.1, -0.05) is 30.3 Å². The molecule has 7 heteroatoms. The smallest absolute Gasteiger partial charge is 0.239 e. The van der Waals surface area contributed by atoms with Crippen molar-refractivity contribution in [2.24, 2.45) is 0 Å². The van der Waals surface area contributed by atoms with Crippen molar-refractivity contribution in [3.05, 3.63) is 42.4 Å². The van der Waals surface area contributed by atoms with Gasteiger partial charge >= 0.3 is 0 Å². The van der Waals surface area contributed by atoms with Crippen LogP contribution in [0.3, 0.4) is 0 Å². The lowest BCUT2D eigenvalue weighted by molar-refractivity contribution is -0.134. The SMILES string of the molecule is COCCCNC(=O)CN(C)C(=O)CCc1ncc(-c2ccccc2)o1. The summed E-state index contributed by atoms with van der Waals surface area (Å²) in [5, 5.41) is 2.75. The molecule has 2 amide bonds. The minimum Gasteiger partial charge on any atom is -0.441 e. The Morgan fingerprint density at radius 2 is 2.04 bits per heavy atom. The molecular formula is C19H25N3O4. The van der Waals surface area contributed by atoms with E-state index in [1.54, 1.807) is 20.4 Å². The van der Waals surface area contributed by atoms with Crippen LogP contribution in [0.5, 0.6) is 0 Å². The van der Waals surface area contributed by atoms with E-state index in [0.29, 0.717) is 31.2 Å². The van der Waals surface area contributed by atoms with Crippen molar-refractivity contribution >= 4 is 11.8 Å². The second-order valence-corrected chi connectivity index (χ2v) is 5.93. The van der Waals surface area contributed by atoms with E-state index >= 15 is 0 Å². The number of ether oxygens (including phenoxy) is 1. The number of methoxy groups -OCH3 is 1. The highest BCUT2D eigenvalue weighted by Crippen LogP contribution is 2.20. The van der Waals surface area contributed by atoms with E-state index in [1.165, 1.54) is 4.90 Å². The predicted octanol–water partition coefficient (Wildman–Crippen LogP) is 1.89. The monoisotopic (exact) mass is 359 g/mol. The fourth-order valence-electron chi connectivity index (χ4n) is 2.37. The maximum absolute atomic E-state index is 12.2. The van der Waals surface area contributed by atoms with Crippen molar-refractivity contribution < 1.29 is 18.7 Å². The zero-order chi connectivity index (χ0) is 18.8. The Labute approximate surface area is 153 Å². The topological polar surface area (TPSA) is 84.7 Å². The highest BCUT2D eigenvalue weighted by molar-refractivity contribution is 5.84. The highest BCUT2D eigenvalue weighted by Gasteiger charge is 2.14. The summed E-state index contributed by atoms with van der Waals surface area (Å²) in [6, 6.07) is 9.67. The van der Waals surface area contributed by atoms with Crippen LogP contribution >= 0.6 is 0 Å². The van der Waals surface area contributed by atoms with Gasteiger partial charge < -0.3 is 19.4 Å². The van der Waals surface area contributed by atoms with Gasteiger partial charge in [0.1, 0.15) is 0 Å². The van der Waals surface area contributed by atoms with Gasteiger partial charge in [0.25, 0.3) is 0 Å². The highest BCUT2D eigenvalue weighted by atomic mass is 16.5. The molecule has 140 valence electrons. The number of nitrogens with zero attached hydrogens (tertiary/aromatic N) is 2. The fraction of sp³-hybridized carbons (Fsp3) is 0.421. The molecule has 2 rings (SSSR count). The average molecular weight is 359 g/mol. The van der Waals surface area contributed by atoms with Crippen LogP contribution in [0.2, 0.25) is 0 Å². The molecule has 0 saturated heterocycles. The quantitative estimate of drug-likeness (QED) is 0.655. The van der Waals surface area contributed by atoms with Gasteiger partial charge in [-0.2, -0.15) is 0 Å². The molecular weight excluding hydrogens is 334 g/mol. The summed E-state index contributed by atoms with van der Waals surface area (Å²) in [5.41, 5.74) is 0.944. The Balaban J connectivity index is 1.74. The number of carbonyl (C=O) groups is 2. The summed E-state index contributed by atoms with van der Waals surface area (Å²) >= 11 is 0. The number of hydrogen-bond donors (Lipinski definition) is 1. The summed E-state index contributed by atoms with van der Waals surface area (Å²) in [7, 11) is 3.23. The van der Waals surface area contributed by atoms with E-state index in [0.717, 1.165) is 12.0 Å². The molecule has 1 heterocycles. The van der Waals surface area contributed by atoms with Gasteiger partial charge in [-0.05, 0) is 6.42 Å². The Hall–Kier alpha value is -2.67. The van der Waals surface area contributed by atoms with E-state index in [9.17, 15) is 9.59 Å². The molecule has 2 aromatic rings. The van der Waals surface area contributed by atoms with Gasteiger partial charge in [0.15, 0.2) is 11.7 Å². The van der Waals surface area contributed by atoms with E-state index < -0.39 is 0 Å². The molecule has 1 aromatic heterocycles. The van der Waals surface area contributed by atoms with Crippen LogP contribution in [0.25, 0.3) is 11.3 Å². The molecule has 26 heavy (non-hydrogen) atoms. The third-order valence-corrected chi connectivity index (χ3v) is 3.82. The van der Waals surface area contributed by atoms with Crippen LogP contribution in [-0.4, -0.2) is 55.6 Å². The Bertz CT molecular complexity index is 700. The van der Waals surface area contributed by atoms with Crippen molar-refractivity contribution in [3.8, 4) is 11.3 Å². The molecule has 0 aliphatic rings. The predicted molar refractivity (Wildman–Crippen MR) is 97.4 cm³/mol. The largest absolute Gasteiger partial charge is 0.441 e. The van der Waals surface area contributed by atoms with E-state index in [4.69, 9.17) is 9.15 Å². The molecule has 0 bridgehead atoms. The van der Waals surface area contributed by atoms with E-state index in [-0.39, 0.29) is 24.8 Å². The second-order valence-electron chi connectivity index (χ2n) is 5.93. The number of benzene rings is 1. The molecule has 0 radical (unpaired) electrons. The zero-order valence-electron chi connectivity index (χ0n) is 15.2. The first-order valence-corrected chi connectivity index (χ1v) is 8.60. The fourth-order valence-corrected chi connectivity index (χ4v) is 2.37. The zero-order valence-corrected chi connectivity index (χ0v) is 15.2. The minimum absolute atomic E-state index is 0.0344. The maximum atomic E-state index is 12.2. The third kappa shape index (κ3) is 6.33. The molecule has 0 spiro atoms. The van der Waals surface area contributed by atoms with Crippen molar-refractivity contribution in [2.45, 2.75) is 19.3 Å². The minimum atomic E-state index is -0.181. The van der Waals surface area contributed by atoms with Crippen LogP contribution in [0.15, 0.2) is 40.9 Å². The van der Waals surface area contributed by atoms with Gasteiger partial charge in [0.05, 0.1) is 12.7 Å². The summed E-state index contributed by atoms with van der Waals surface area (Å²) < 4.78 is 10.6. The first kappa shape index (κ1) is 19.7. The summed E-state index contributed by atoms with van der Waals surface area (Å²) in [4.78, 5) is 29.6. The molecule has 0 atom stereocenters. The Morgan fingerprint density at radius 3 is 2.77 bits per heavy atom. The number of aryl methyl sites for hydroxylation is 1. The first-order valence-electron chi connectivity index (χ1n) is 8.60. The number of amides is 2. The molecule has 1 N–H and O–H groups in total. The lowest BCUT2D eigenvalue weighted by Gasteiger charge is -2.16. The number of rotatable bonds is 10.